The number of hydrogen-bond donors (Lipinski definition) is 1. The fourth-order valence-corrected chi connectivity index (χ4v) is 2.18. The summed E-state index contributed by atoms with van der Waals surface area (Å²) in [5, 5.41) is 3.05. The quantitative estimate of drug-likeness (QED) is 0.715. The van der Waals surface area contributed by atoms with E-state index < -0.39 is 11.7 Å². The van der Waals surface area contributed by atoms with E-state index >= 15 is 0 Å². The van der Waals surface area contributed by atoms with E-state index in [9.17, 15) is 13.2 Å². The maximum Gasteiger partial charge on any atom is 0.417 e. The van der Waals surface area contributed by atoms with Crippen LogP contribution in [0.25, 0.3) is 11.6 Å². The highest BCUT2D eigenvalue weighted by Crippen LogP contribution is 2.42. The number of halogens is 3. The predicted molar refractivity (Wildman–Crippen MR) is 70.1 cm³/mol. The third-order valence-corrected chi connectivity index (χ3v) is 3.05. The SMILES string of the molecule is FC(F)(F)C1=Cc2ccccc2Nc2ccccc21. The zero-order chi connectivity index (χ0) is 13.5. The largest absolute Gasteiger partial charge is 0.417 e. The van der Waals surface area contributed by atoms with Gasteiger partial charge in [0.25, 0.3) is 0 Å². The van der Waals surface area contributed by atoms with Gasteiger partial charge >= 0.3 is 6.18 Å². The number of allylic oxidation sites excluding steroid dienone is 1. The molecule has 1 heterocycles. The van der Waals surface area contributed by atoms with E-state index in [2.05, 4.69) is 5.32 Å². The third-order valence-electron chi connectivity index (χ3n) is 3.05. The number of hydrogen-bond acceptors (Lipinski definition) is 1. The van der Waals surface area contributed by atoms with E-state index in [-0.39, 0.29) is 5.56 Å². The second kappa shape index (κ2) is 4.16. The van der Waals surface area contributed by atoms with Crippen LogP contribution in [-0.4, -0.2) is 6.18 Å². The molecule has 0 bridgehead atoms. The van der Waals surface area contributed by atoms with E-state index in [0.717, 1.165) is 0 Å². The van der Waals surface area contributed by atoms with E-state index in [0.29, 0.717) is 16.9 Å². The first kappa shape index (κ1) is 11.8. The average molecular weight is 261 g/mol. The Hall–Kier alpha value is -2.23. The molecule has 96 valence electrons. The molecular formula is C15H10F3N. The van der Waals surface area contributed by atoms with Crippen molar-refractivity contribution >= 4 is 23.0 Å². The summed E-state index contributed by atoms with van der Waals surface area (Å²) in [4.78, 5) is 0. The molecule has 1 aliphatic rings. The van der Waals surface area contributed by atoms with Crippen LogP contribution in [-0.2, 0) is 0 Å². The van der Waals surface area contributed by atoms with Gasteiger partial charge in [-0.2, -0.15) is 13.2 Å². The summed E-state index contributed by atoms with van der Waals surface area (Å²) in [6.45, 7) is 0. The number of fused-ring (bicyclic) bond motifs is 2. The molecule has 19 heavy (non-hydrogen) atoms. The van der Waals surface area contributed by atoms with Crippen molar-refractivity contribution in [3.8, 4) is 0 Å². The first-order valence-electron chi connectivity index (χ1n) is 5.80. The molecule has 0 amide bonds. The standard InChI is InChI=1S/C15H10F3N/c16-15(17,18)12-9-10-5-1-3-7-13(10)19-14-8-4-2-6-11(12)14/h1-9,19H. The molecule has 3 rings (SSSR count). The molecule has 0 saturated heterocycles. The molecule has 0 atom stereocenters. The Labute approximate surface area is 108 Å². The first-order valence-corrected chi connectivity index (χ1v) is 5.80. The van der Waals surface area contributed by atoms with Crippen molar-refractivity contribution in [3.63, 3.8) is 0 Å². The van der Waals surface area contributed by atoms with Crippen LogP contribution < -0.4 is 5.32 Å². The molecule has 0 fully saturated rings. The molecule has 0 aliphatic carbocycles. The number of nitrogens with one attached hydrogen (secondary N) is 1. The number of rotatable bonds is 0. The van der Waals surface area contributed by atoms with Gasteiger partial charge in [-0.25, -0.2) is 0 Å². The predicted octanol–water partition coefficient (Wildman–Crippen LogP) is 4.85. The van der Waals surface area contributed by atoms with Gasteiger partial charge in [-0.15, -0.1) is 0 Å². The van der Waals surface area contributed by atoms with Crippen molar-refractivity contribution in [1.82, 2.24) is 0 Å². The summed E-state index contributed by atoms with van der Waals surface area (Å²) in [5.74, 6) is 0. The van der Waals surface area contributed by atoms with Crippen molar-refractivity contribution in [3.05, 3.63) is 59.7 Å². The van der Waals surface area contributed by atoms with Crippen LogP contribution in [0.3, 0.4) is 0 Å². The average Bonchev–Trinajstić information content (AvgIpc) is 2.54. The summed E-state index contributed by atoms with van der Waals surface area (Å²) in [7, 11) is 0. The van der Waals surface area contributed by atoms with Crippen LogP contribution in [0.5, 0.6) is 0 Å². The van der Waals surface area contributed by atoms with Gasteiger partial charge in [0.05, 0.1) is 5.57 Å². The molecule has 0 radical (unpaired) electrons. The molecule has 1 aliphatic heterocycles. The minimum Gasteiger partial charge on any atom is -0.355 e. The van der Waals surface area contributed by atoms with E-state index in [1.165, 1.54) is 12.1 Å². The highest BCUT2D eigenvalue weighted by molar-refractivity contribution is 5.95. The zero-order valence-electron chi connectivity index (χ0n) is 9.83. The lowest BCUT2D eigenvalue weighted by atomic mass is 10.0. The Morgan fingerprint density at radius 3 is 2.16 bits per heavy atom. The minimum absolute atomic E-state index is 0.172. The van der Waals surface area contributed by atoms with Gasteiger partial charge in [0.2, 0.25) is 0 Å². The summed E-state index contributed by atoms with van der Waals surface area (Å²) in [5.41, 5.74) is 1.23. The van der Waals surface area contributed by atoms with E-state index in [4.69, 9.17) is 0 Å². The normalized spacial score (nSPS) is 13.7. The molecule has 4 heteroatoms. The monoisotopic (exact) mass is 261 g/mol. The lowest BCUT2D eigenvalue weighted by Crippen LogP contribution is -2.10. The van der Waals surface area contributed by atoms with Gasteiger partial charge in [0.1, 0.15) is 0 Å². The second-order valence-electron chi connectivity index (χ2n) is 4.31. The Balaban J connectivity index is 2.29. The molecular weight excluding hydrogens is 251 g/mol. The maximum atomic E-state index is 13.2. The van der Waals surface area contributed by atoms with Crippen molar-refractivity contribution in [1.29, 1.82) is 0 Å². The zero-order valence-corrected chi connectivity index (χ0v) is 9.83. The van der Waals surface area contributed by atoms with Crippen LogP contribution in [0.4, 0.5) is 24.5 Å². The Kier molecular flexibility index (Phi) is 2.59. The number of benzene rings is 2. The smallest absolute Gasteiger partial charge is 0.355 e. The van der Waals surface area contributed by atoms with Gasteiger partial charge in [-0.05, 0) is 23.8 Å². The van der Waals surface area contributed by atoms with Crippen molar-refractivity contribution in [2.24, 2.45) is 0 Å². The molecule has 1 nitrogen and oxygen atoms in total. The molecule has 1 N–H and O–H groups in total. The summed E-state index contributed by atoms with van der Waals surface area (Å²) >= 11 is 0. The Morgan fingerprint density at radius 2 is 1.42 bits per heavy atom. The topological polar surface area (TPSA) is 12.0 Å². The van der Waals surface area contributed by atoms with Crippen molar-refractivity contribution in [2.45, 2.75) is 6.18 Å². The third kappa shape index (κ3) is 2.10. The van der Waals surface area contributed by atoms with Gasteiger partial charge in [-0.1, -0.05) is 36.4 Å². The molecule has 0 unspecified atom stereocenters. The van der Waals surface area contributed by atoms with Crippen LogP contribution in [0.2, 0.25) is 0 Å². The highest BCUT2D eigenvalue weighted by atomic mass is 19.4. The first-order chi connectivity index (χ1) is 9.05. The van der Waals surface area contributed by atoms with E-state index in [1.54, 1.807) is 42.5 Å². The van der Waals surface area contributed by atoms with Gasteiger partial charge < -0.3 is 5.32 Å². The van der Waals surface area contributed by atoms with Crippen molar-refractivity contribution in [2.75, 3.05) is 5.32 Å². The lowest BCUT2D eigenvalue weighted by molar-refractivity contribution is -0.0682. The Bertz CT molecular complexity index is 656. The van der Waals surface area contributed by atoms with Gasteiger partial charge in [-0.3, -0.25) is 0 Å². The molecule has 0 spiro atoms. The minimum atomic E-state index is -4.38. The summed E-state index contributed by atoms with van der Waals surface area (Å²) in [6.07, 6.45) is -3.19. The number of alkyl halides is 3. The fourth-order valence-electron chi connectivity index (χ4n) is 2.18. The highest BCUT2D eigenvalue weighted by Gasteiger charge is 2.36. The lowest BCUT2D eigenvalue weighted by Gasteiger charge is -2.13. The summed E-state index contributed by atoms with van der Waals surface area (Å²) in [6, 6.07) is 13.4. The molecule has 2 aromatic carbocycles. The fraction of sp³-hybridized carbons (Fsp3) is 0.0667. The number of para-hydroxylation sites is 2. The van der Waals surface area contributed by atoms with E-state index in [1.807, 2.05) is 0 Å². The number of anilines is 2. The van der Waals surface area contributed by atoms with Crippen LogP contribution in [0, 0.1) is 0 Å². The molecule has 0 saturated carbocycles. The summed E-state index contributed by atoms with van der Waals surface area (Å²) < 4.78 is 39.6. The van der Waals surface area contributed by atoms with Gasteiger partial charge in [0, 0.05) is 16.9 Å². The van der Waals surface area contributed by atoms with Gasteiger partial charge in [0.15, 0.2) is 0 Å². The molecule has 2 aromatic rings. The van der Waals surface area contributed by atoms with Crippen LogP contribution >= 0.6 is 0 Å². The van der Waals surface area contributed by atoms with Crippen LogP contribution in [0.1, 0.15) is 11.1 Å². The maximum absolute atomic E-state index is 13.2. The Morgan fingerprint density at radius 1 is 0.789 bits per heavy atom. The molecule has 0 aromatic heterocycles. The second-order valence-corrected chi connectivity index (χ2v) is 4.31. The van der Waals surface area contributed by atoms with Crippen LogP contribution in [0.15, 0.2) is 48.5 Å². The van der Waals surface area contributed by atoms with Crippen molar-refractivity contribution < 1.29 is 13.2 Å².